The average molecular weight is 1000 g/mol. The maximum Gasteiger partial charge on any atom is 0.416 e. The molecule has 0 radical (unpaired) electrons. The normalized spacial score (nSPS) is 12.6. The van der Waals surface area contributed by atoms with Gasteiger partial charge in [-0.25, -0.2) is 19.9 Å². The zero-order chi connectivity index (χ0) is 51.2. The average Bonchev–Trinajstić information content (AvgIpc) is 4.29. The van der Waals surface area contributed by atoms with E-state index in [1.165, 1.54) is 12.1 Å². The van der Waals surface area contributed by atoms with Crippen molar-refractivity contribution >= 4 is 87.0 Å². The van der Waals surface area contributed by atoms with Crippen LogP contribution in [0.2, 0.25) is 0 Å². The molecule has 3 aromatic heterocycles. The first-order chi connectivity index (χ1) is 36.9. The van der Waals surface area contributed by atoms with Crippen molar-refractivity contribution < 1.29 is 26.3 Å². The molecule has 0 atom stereocenters. The molecule has 0 saturated heterocycles. The van der Waals surface area contributed by atoms with Crippen LogP contribution in [0.25, 0.3) is 155 Å². The molecule has 0 unspecified atom stereocenters. The Bertz CT molecular complexity index is 4580. The van der Waals surface area contributed by atoms with E-state index in [9.17, 15) is 0 Å². The van der Waals surface area contributed by atoms with E-state index in [0.717, 1.165) is 67.4 Å². The summed E-state index contributed by atoms with van der Waals surface area (Å²) in [6, 6.07) is 57.6. The molecule has 0 saturated carbocycles. The van der Waals surface area contributed by atoms with Gasteiger partial charge in [-0.3, -0.25) is 0 Å². The van der Waals surface area contributed by atoms with Gasteiger partial charge in [0.2, 0.25) is 0 Å². The van der Waals surface area contributed by atoms with Crippen LogP contribution in [0.4, 0.5) is 26.3 Å². The largest absolute Gasteiger partial charge is 0.416 e. The Morgan fingerprint density at radius 1 is 0.303 bits per heavy atom. The molecule has 362 valence electrons. The maximum absolute atomic E-state index is 15.0. The van der Waals surface area contributed by atoms with Gasteiger partial charge in [0.05, 0.1) is 33.5 Å². The van der Waals surface area contributed by atoms with Gasteiger partial charge in [-0.1, -0.05) is 121 Å². The van der Waals surface area contributed by atoms with E-state index in [-0.39, 0.29) is 11.1 Å². The second-order valence-electron chi connectivity index (χ2n) is 19.4. The lowest BCUT2D eigenvalue weighted by atomic mass is 9.91. The number of alkyl halides is 6. The second-order valence-corrected chi connectivity index (χ2v) is 19.4. The molecule has 12 heteroatoms. The van der Waals surface area contributed by atoms with Gasteiger partial charge in [0.25, 0.3) is 0 Å². The lowest BCUT2D eigenvalue weighted by molar-refractivity contribution is -0.138. The summed E-state index contributed by atoms with van der Waals surface area (Å²) in [5.41, 5.74) is 4.04. The topological polar surface area (TPSA) is 83.1 Å². The molecule has 15 rings (SSSR count). The number of fused-ring (bicyclic) bond motifs is 24. The van der Waals surface area contributed by atoms with E-state index in [0.29, 0.717) is 100 Å². The molecule has 2 aliphatic heterocycles. The predicted octanol–water partition coefficient (Wildman–Crippen LogP) is 18.1. The molecule has 6 nitrogen and oxygen atoms in total. The van der Waals surface area contributed by atoms with Crippen LogP contribution >= 0.6 is 0 Å². The van der Waals surface area contributed by atoms with E-state index in [2.05, 4.69) is 9.97 Å². The van der Waals surface area contributed by atoms with E-state index in [1.807, 2.05) is 146 Å². The van der Waals surface area contributed by atoms with Gasteiger partial charge in [0.1, 0.15) is 11.3 Å². The zero-order valence-electron chi connectivity index (χ0n) is 39.5. The monoisotopic (exact) mass is 1000 g/mol. The number of hydrogen-bond acceptors (Lipinski definition) is 4. The van der Waals surface area contributed by atoms with Crippen LogP contribution < -0.4 is 0 Å². The minimum atomic E-state index is -4.72. The molecule has 13 aromatic rings. The molecule has 8 bridgehead atoms. The highest BCUT2D eigenvalue weighted by molar-refractivity contribution is 6.20. The summed E-state index contributed by atoms with van der Waals surface area (Å²) in [6.45, 7) is 0. The number of hydrogen-bond donors (Lipinski definition) is 2. The first-order valence-corrected chi connectivity index (χ1v) is 24.5. The third-order valence-electron chi connectivity index (χ3n) is 14.9. The molecular weight excluding hydrogens is 967 g/mol. The zero-order valence-corrected chi connectivity index (χ0v) is 39.5. The van der Waals surface area contributed by atoms with Crippen LogP contribution in [-0.2, 0) is 12.4 Å². The molecule has 2 aliphatic rings. The number of rotatable bonds is 2. The molecule has 5 heterocycles. The number of aromatic amines is 2. The Morgan fingerprint density at radius 2 is 0.632 bits per heavy atom. The Labute approximate surface area is 426 Å². The van der Waals surface area contributed by atoms with Crippen molar-refractivity contribution in [2.45, 2.75) is 12.4 Å². The summed E-state index contributed by atoms with van der Waals surface area (Å²) in [7, 11) is 0. The van der Waals surface area contributed by atoms with Gasteiger partial charge >= 0.3 is 12.4 Å². The Morgan fingerprint density at radius 3 is 0.987 bits per heavy atom. The number of nitrogens with one attached hydrogen (secondary N) is 2. The Balaban J connectivity index is 1.24. The summed E-state index contributed by atoms with van der Waals surface area (Å²) < 4.78 is 90.1. The van der Waals surface area contributed by atoms with Crippen LogP contribution in [0.15, 0.2) is 194 Å². The summed E-state index contributed by atoms with van der Waals surface area (Å²) in [4.78, 5) is 28.8. The molecule has 2 N–H and O–H groups in total. The number of halogens is 6. The van der Waals surface area contributed by atoms with Crippen molar-refractivity contribution in [1.82, 2.24) is 29.9 Å². The number of aromatic nitrogens is 6. The maximum atomic E-state index is 15.0. The van der Waals surface area contributed by atoms with Gasteiger partial charge in [0, 0.05) is 54.9 Å². The van der Waals surface area contributed by atoms with Crippen molar-refractivity contribution in [3.63, 3.8) is 0 Å². The van der Waals surface area contributed by atoms with Crippen molar-refractivity contribution in [3.8, 4) is 67.5 Å². The van der Waals surface area contributed by atoms with Crippen LogP contribution in [0.1, 0.15) is 11.1 Å². The standard InChI is InChI=1S/C64H34F6N6/c65-63(66,67)43-21-9-19-41(23-43)53-55-45-25-33-11-1-2-12-34(33)26-46(45)56(71-55)54(42-20-10-22-44(24-42)64(68,69)70)58-48-28-36-14-4-6-16-38(36)30-50(48)60(73-58)75-62-52-32-40-18-8-7-17-39(40)31-51(52)61(76-62)74-59-49-29-37-15-5-3-13-35(37)27-47(49)57(53)72-59/h1-32H,(H2,72,73,74,75,76). The van der Waals surface area contributed by atoms with Crippen molar-refractivity contribution in [2.75, 3.05) is 0 Å². The molecule has 0 fully saturated rings. The Kier molecular flexibility index (Phi) is 9.18. The van der Waals surface area contributed by atoms with Gasteiger partial charge in [-0.2, -0.15) is 26.3 Å². The van der Waals surface area contributed by atoms with Gasteiger partial charge in [-0.05, 0) is 127 Å². The van der Waals surface area contributed by atoms with Crippen LogP contribution in [-0.4, -0.2) is 29.9 Å². The number of benzene rings is 10. The first kappa shape index (κ1) is 43.9. The quantitative estimate of drug-likeness (QED) is 0.169. The van der Waals surface area contributed by atoms with Crippen LogP contribution in [0.5, 0.6) is 0 Å². The van der Waals surface area contributed by atoms with Crippen molar-refractivity contribution in [2.24, 2.45) is 0 Å². The smallest absolute Gasteiger partial charge is 0.339 e. The molecule has 10 aromatic carbocycles. The molecule has 0 spiro atoms. The summed E-state index contributed by atoms with van der Waals surface area (Å²) in [5, 5.41) is 9.69. The van der Waals surface area contributed by atoms with Gasteiger partial charge in [-0.15, -0.1) is 0 Å². The highest BCUT2D eigenvalue weighted by atomic mass is 19.4. The molecular formula is C64H34F6N6. The first-order valence-electron chi connectivity index (χ1n) is 24.5. The lowest BCUT2D eigenvalue weighted by Crippen LogP contribution is -2.04. The molecule has 0 aliphatic carbocycles. The van der Waals surface area contributed by atoms with E-state index < -0.39 is 23.5 Å². The molecule has 76 heavy (non-hydrogen) atoms. The minimum Gasteiger partial charge on any atom is -0.339 e. The lowest BCUT2D eigenvalue weighted by Gasteiger charge is -2.12. The fourth-order valence-corrected chi connectivity index (χ4v) is 11.3. The SMILES string of the molecule is FC(F)(F)c1cccc(-c2c3nc(c(-c4cccc(C(F)(F)F)c4)c4[nH]c(nc5nc(nc6[nH]c2c2cc7ccccc7cc62)-c2cc6ccccc6cc2-5)c2cc5ccccc5cc42)-c2cc4ccccc4cc2-3)c1. The van der Waals surface area contributed by atoms with Crippen LogP contribution in [0, 0.1) is 0 Å². The predicted molar refractivity (Wildman–Crippen MR) is 291 cm³/mol. The van der Waals surface area contributed by atoms with E-state index >= 15 is 26.3 Å². The van der Waals surface area contributed by atoms with Crippen LogP contribution in [0.3, 0.4) is 0 Å². The summed E-state index contributed by atoms with van der Waals surface area (Å²) in [5.74, 6) is 0.692. The van der Waals surface area contributed by atoms with E-state index in [4.69, 9.17) is 19.9 Å². The fraction of sp³-hybridized carbons (Fsp3) is 0.0312. The highest BCUT2D eigenvalue weighted by Gasteiger charge is 2.34. The third kappa shape index (κ3) is 6.83. The van der Waals surface area contributed by atoms with Crippen molar-refractivity contribution in [1.29, 1.82) is 0 Å². The van der Waals surface area contributed by atoms with Gasteiger partial charge in [0.15, 0.2) is 11.6 Å². The summed E-state index contributed by atoms with van der Waals surface area (Å²) in [6.07, 6.45) is -9.44. The van der Waals surface area contributed by atoms with E-state index in [1.54, 1.807) is 12.1 Å². The summed E-state index contributed by atoms with van der Waals surface area (Å²) >= 11 is 0. The minimum absolute atomic E-state index is 0.196. The molecule has 0 amide bonds. The van der Waals surface area contributed by atoms with Crippen molar-refractivity contribution in [3.05, 3.63) is 205 Å². The Hall–Kier alpha value is -9.68. The second kappa shape index (κ2) is 15.9. The third-order valence-corrected chi connectivity index (χ3v) is 14.9. The van der Waals surface area contributed by atoms with Gasteiger partial charge < -0.3 is 9.97 Å². The fourth-order valence-electron chi connectivity index (χ4n) is 11.3. The number of H-pyrrole nitrogens is 2. The highest BCUT2D eigenvalue weighted by Crippen LogP contribution is 2.51. The number of nitrogens with zero attached hydrogens (tertiary/aromatic N) is 4.